The van der Waals surface area contributed by atoms with Crippen molar-refractivity contribution < 1.29 is 9.52 Å². The second-order valence-corrected chi connectivity index (χ2v) is 4.11. The standard InChI is InChI=1S/C12H13ClN2O2/c1-8-5-15-12(17-8)7-14-6-9-10(13)3-2-4-11(9)16/h2-5,14,16H,6-7H2,1H3. The molecule has 17 heavy (non-hydrogen) atoms. The van der Waals surface area contributed by atoms with Gasteiger partial charge in [0.05, 0.1) is 12.7 Å². The van der Waals surface area contributed by atoms with Crippen LogP contribution in [0, 0.1) is 6.92 Å². The van der Waals surface area contributed by atoms with Crippen molar-refractivity contribution in [3.63, 3.8) is 0 Å². The molecule has 90 valence electrons. The number of halogens is 1. The summed E-state index contributed by atoms with van der Waals surface area (Å²) in [6, 6.07) is 5.06. The second-order valence-electron chi connectivity index (χ2n) is 3.71. The molecular formula is C12H13ClN2O2. The maximum absolute atomic E-state index is 9.63. The Morgan fingerprint density at radius 1 is 1.41 bits per heavy atom. The van der Waals surface area contributed by atoms with Gasteiger partial charge in [0, 0.05) is 17.1 Å². The molecule has 2 N–H and O–H groups in total. The van der Waals surface area contributed by atoms with E-state index in [9.17, 15) is 5.11 Å². The van der Waals surface area contributed by atoms with E-state index in [1.165, 1.54) is 0 Å². The van der Waals surface area contributed by atoms with Crippen molar-refractivity contribution in [3.05, 3.63) is 46.6 Å². The largest absolute Gasteiger partial charge is 0.508 e. The molecule has 0 unspecified atom stereocenters. The van der Waals surface area contributed by atoms with Gasteiger partial charge in [-0.3, -0.25) is 0 Å². The summed E-state index contributed by atoms with van der Waals surface area (Å²) >= 11 is 5.98. The third-order valence-electron chi connectivity index (χ3n) is 2.34. The lowest BCUT2D eigenvalue weighted by Gasteiger charge is -2.07. The molecule has 0 spiro atoms. The average molecular weight is 253 g/mol. The summed E-state index contributed by atoms with van der Waals surface area (Å²) in [5, 5.41) is 13.3. The second kappa shape index (κ2) is 5.21. The summed E-state index contributed by atoms with van der Waals surface area (Å²) in [6.45, 7) is 2.81. The number of aryl methyl sites for hydroxylation is 1. The Bertz CT molecular complexity index is 491. The van der Waals surface area contributed by atoms with Crippen LogP contribution in [0.25, 0.3) is 0 Å². The van der Waals surface area contributed by atoms with Crippen molar-refractivity contribution in [1.29, 1.82) is 0 Å². The molecule has 0 fully saturated rings. The van der Waals surface area contributed by atoms with Crippen LogP contribution in [0.3, 0.4) is 0 Å². The molecule has 0 saturated heterocycles. The van der Waals surface area contributed by atoms with Crippen molar-refractivity contribution in [1.82, 2.24) is 10.3 Å². The fourth-order valence-electron chi connectivity index (χ4n) is 1.50. The average Bonchev–Trinajstić information content (AvgIpc) is 2.69. The van der Waals surface area contributed by atoms with Crippen LogP contribution in [0.1, 0.15) is 17.2 Å². The summed E-state index contributed by atoms with van der Waals surface area (Å²) < 4.78 is 5.31. The van der Waals surface area contributed by atoms with Gasteiger partial charge in [-0.05, 0) is 19.1 Å². The summed E-state index contributed by atoms with van der Waals surface area (Å²) in [7, 11) is 0. The monoisotopic (exact) mass is 252 g/mol. The minimum atomic E-state index is 0.189. The third-order valence-corrected chi connectivity index (χ3v) is 2.70. The van der Waals surface area contributed by atoms with Crippen LogP contribution in [0.2, 0.25) is 5.02 Å². The highest BCUT2D eigenvalue weighted by Crippen LogP contribution is 2.24. The van der Waals surface area contributed by atoms with Crippen LogP contribution in [-0.4, -0.2) is 10.1 Å². The van der Waals surface area contributed by atoms with Crippen LogP contribution < -0.4 is 5.32 Å². The maximum atomic E-state index is 9.63. The predicted molar refractivity (Wildman–Crippen MR) is 64.9 cm³/mol. The first-order chi connectivity index (χ1) is 8.16. The van der Waals surface area contributed by atoms with E-state index in [4.69, 9.17) is 16.0 Å². The number of hydrogen-bond acceptors (Lipinski definition) is 4. The van der Waals surface area contributed by atoms with Gasteiger partial charge in [-0.15, -0.1) is 0 Å². The predicted octanol–water partition coefficient (Wildman–Crippen LogP) is 2.63. The van der Waals surface area contributed by atoms with E-state index >= 15 is 0 Å². The van der Waals surface area contributed by atoms with Crippen molar-refractivity contribution >= 4 is 11.6 Å². The third kappa shape index (κ3) is 2.99. The summed E-state index contributed by atoms with van der Waals surface area (Å²) in [5.41, 5.74) is 0.678. The molecule has 0 atom stereocenters. The number of hydrogen-bond donors (Lipinski definition) is 2. The molecule has 0 aliphatic rings. The van der Waals surface area contributed by atoms with Crippen LogP contribution in [0.15, 0.2) is 28.8 Å². The molecular weight excluding hydrogens is 240 g/mol. The number of phenols is 1. The Kier molecular flexibility index (Phi) is 3.66. The molecule has 0 saturated carbocycles. The molecule has 2 aromatic rings. The minimum absolute atomic E-state index is 0.189. The number of nitrogens with one attached hydrogen (secondary N) is 1. The van der Waals surface area contributed by atoms with Gasteiger partial charge in [0.1, 0.15) is 11.5 Å². The Balaban J connectivity index is 1.94. The van der Waals surface area contributed by atoms with Gasteiger partial charge in [0.25, 0.3) is 0 Å². The summed E-state index contributed by atoms with van der Waals surface area (Å²) in [5.74, 6) is 1.59. The zero-order valence-corrected chi connectivity index (χ0v) is 10.2. The van der Waals surface area contributed by atoms with E-state index < -0.39 is 0 Å². The number of aromatic nitrogens is 1. The van der Waals surface area contributed by atoms with E-state index in [2.05, 4.69) is 10.3 Å². The van der Waals surface area contributed by atoms with Gasteiger partial charge in [-0.1, -0.05) is 17.7 Å². The van der Waals surface area contributed by atoms with E-state index in [1.807, 2.05) is 6.92 Å². The van der Waals surface area contributed by atoms with Gasteiger partial charge < -0.3 is 14.8 Å². The van der Waals surface area contributed by atoms with Crippen molar-refractivity contribution in [3.8, 4) is 5.75 Å². The topological polar surface area (TPSA) is 58.3 Å². The first kappa shape index (κ1) is 12.0. The van der Waals surface area contributed by atoms with E-state index in [0.29, 0.717) is 29.6 Å². The lowest BCUT2D eigenvalue weighted by Crippen LogP contribution is -2.13. The molecule has 0 radical (unpaired) electrons. The lowest BCUT2D eigenvalue weighted by atomic mass is 10.2. The SMILES string of the molecule is Cc1cnc(CNCc2c(O)cccc2Cl)o1. The fraction of sp³-hybridized carbons (Fsp3) is 0.250. The van der Waals surface area contributed by atoms with E-state index in [1.54, 1.807) is 24.4 Å². The molecule has 1 aromatic carbocycles. The number of oxazole rings is 1. The summed E-state index contributed by atoms with van der Waals surface area (Å²) in [4.78, 5) is 4.07. The first-order valence-electron chi connectivity index (χ1n) is 5.25. The van der Waals surface area contributed by atoms with Crippen molar-refractivity contribution in [2.24, 2.45) is 0 Å². The van der Waals surface area contributed by atoms with Gasteiger partial charge in [-0.2, -0.15) is 0 Å². The van der Waals surface area contributed by atoms with E-state index in [0.717, 1.165) is 5.76 Å². The molecule has 4 nitrogen and oxygen atoms in total. The number of aromatic hydroxyl groups is 1. The highest BCUT2D eigenvalue weighted by molar-refractivity contribution is 6.31. The van der Waals surface area contributed by atoms with Crippen LogP contribution in [-0.2, 0) is 13.1 Å². The van der Waals surface area contributed by atoms with Gasteiger partial charge in [0.15, 0.2) is 0 Å². The molecule has 0 amide bonds. The fourth-order valence-corrected chi connectivity index (χ4v) is 1.74. The summed E-state index contributed by atoms with van der Waals surface area (Å²) in [6.07, 6.45) is 1.67. The molecule has 1 heterocycles. The molecule has 2 rings (SSSR count). The number of nitrogens with zero attached hydrogens (tertiary/aromatic N) is 1. The zero-order valence-electron chi connectivity index (χ0n) is 9.40. The number of rotatable bonds is 4. The van der Waals surface area contributed by atoms with Crippen molar-refractivity contribution in [2.45, 2.75) is 20.0 Å². The van der Waals surface area contributed by atoms with Crippen molar-refractivity contribution in [2.75, 3.05) is 0 Å². The Hall–Kier alpha value is -1.52. The first-order valence-corrected chi connectivity index (χ1v) is 5.63. The van der Waals surface area contributed by atoms with E-state index in [-0.39, 0.29) is 5.75 Å². The van der Waals surface area contributed by atoms with Gasteiger partial charge in [-0.25, -0.2) is 4.98 Å². The Morgan fingerprint density at radius 2 is 2.24 bits per heavy atom. The molecule has 0 aliphatic heterocycles. The molecule has 1 aromatic heterocycles. The maximum Gasteiger partial charge on any atom is 0.208 e. The molecule has 0 bridgehead atoms. The molecule has 5 heteroatoms. The van der Waals surface area contributed by atoms with Crippen LogP contribution >= 0.6 is 11.6 Å². The quantitative estimate of drug-likeness (QED) is 0.878. The van der Waals surface area contributed by atoms with Crippen LogP contribution in [0.5, 0.6) is 5.75 Å². The highest BCUT2D eigenvalue weighted by Gasteiger charge is 2.06. The lowest BCUT2D eigenvalue weighted by molar-refractivity contribution is 0.440. The normalized spacial score (nSPS) is 10.7. The zero-order chi connectivity index (χ0) is 12.3. The number of phenolic OH excluding ortho intramolecular Hbond substituents is 1. The Labute approximate surface area is 104 Å². The Morgan fingerprint density at radius 3 is 2.88 bits per heavy atom. The van der Waals surface area contributed by atoms with Gasteiger partial charge in [0.2, 0.25) is 5.89 Å². The van der Waals surface area contributed by atoms with Crippen LogP contribution in [0.4, 0.5) is 0 Å². The minimum Gasteiger partial charge on any atom is -0.508 e. The smallest absolute Gasteiger partial charge is 0.208 e. The number of benzene rings is 1. The molecule has 0 aliphatic carbocycles. The van der Waals surface area contributed by atoms with Gasteiger partial charge >= 0.3 is 0 Å². The highest BCUT2D eigenvalue weighted by atomic mass is 35.5.